The zero-order chi connectivity index (χ0) is 19.1. The molecule has 2 aromatic rings. The molecule has 0 saturated heterocycles. The Labute approximate surface area is 160 Å². The quantitative estimate of drug-likeness (QED) is 0.784. The summed E-state index contributed by atoms with van der Waals surface area (Å²) in [6.07, 6.45) is 5.28. The maximum absolute atomic E-state index is 12.1. The normalized spacial score (nSPS) is 14.7. The van der Waals surface area contributed by atoms with Gasteiger partial charge in [0, 0.05) is 25.9 Å². The summed E-state index contributed by atoms with van der Waals surface area (Å²) in [4.78, 5) is 12.1. The molecule has 7 nitrogen and oxygen atoms in total. The molecule has 0 aliphatic carbocycles. The van der Waals surface area contributed by atoms with E-state index in [1.807, 2.05) is 38.1 Å². The molecule has 2 heterocycles. The summed E-state index contributed by atoms with van der Waals surface area (Å²) in [5.74, 6) is 2.85. The number of carbonyl (C=O) groups is 1. The molecule has 7 heteroatoms. The number of amides is 2. The Morgan fingerprint density at radius 2 is 2.04 bits per heavy atom. The van der Waals surface area contributed by atoms with Crippen molar-refractivity contribution >= 4 is 6.03 Å². The average molecular weight is 371 g/mol. The molecule has 1 aliphatic heterocycles. The lowest BCUT2D eigenvalue weighted by atomic mass is 10.2. The number of fused-ring (bicyclic) bond motifs is 1. The minimum Gasteiger partial charge on any atom is -0.491 e. The van der Waals surface area contributed by atoms with Gasteiger partial charge in [-0.1, -0.05) is 24.1 Å². The van der Waals surface area contributed by atoms with Crippen LogP contribution in [0.1, 0.15) is 43.4 Å². The molecule has 0 unspecified atom stereocenters. The lowest BCUT2D eigenvalue weighted by molar-refractivity contribution is 0.226. The smallest absolute Gasteiger partial charge is 0.315 e. The molecule has 0 fully saturated rings. The van der Waals surface area contributed by atoms with Crippen LogP contribution in [0.25, 0.3) is 0 Å². The third kappa shape index (κ3) is 5.70. The number of hydrogen-bond donors (Lipinski definition) is 2. The lowest BCUT2D eigenvalue weighted by Crippen LogP contribution is -2.43. The SMILES string of the molecule is Cc1ccc(OC[C@@H](C)NC(=O)NCCc2nnc3n2CCCCC3)cc1. The molecule has 0 spiro atoms. The first-order chi connectivity index (χ1) is 13.1. The fourth-order valence-electron chi connectivity index (χ4n) is 3.19. The van der Waals surface area contributed by atoms with Gasteiger partial charge in [0.1, 0.15) is 24.0 Å². The number of aromatic nitrogens is 3. The molecule has 1 aromatic heterocycles. The van der Waals surface area contributed by atoms with Gasteiger partial charge in [0.05, 0.1) is 6.04 Å². The number of hydrogen-bond acceptors (Lipinski definition) is 4. The van der Waals surface area contributed by atoms with Crippen molar-refractivity contribution in [2.45, 2.75) is 58.5 Å². The van der Waals surface area contributed by atoms with Crippen LogP contribution in [0.5, 0.6) is 5.75 Å². The molecular weight excluding hydrogens is 342 g/mol. The lowest BCUT2D eigenvalue weighted by Gasteiger charge is -2.16. The molecule has 1 aromatic carbocycles. The fourth-order valence-corrected chi connectivity index (χ4v) is 3.19. The van der Waals surface area contributed by atoms with Crippen molar-refractivity contribution in [3.8, 4) is 5.75 Å². The van der Waals surface area contributed by atoms with E-state index in [2.05, 4.69) is 25.4 Å². The molecule has 0 saturated carbocycles. The van der Waals surface area contributed by atoms with Crippen molar-refractivity contribution in [2.75, 3.05) is 13.2 Å². The minimum atomic E-state index is -0.189. The van der Waals surface area contributed by atoms with Crippen LogP contribution in [-0.4, -0.2) is 40.0 Å². The number of nitrogens with one attached hydrogen (secondary N) is 2. The Balaban J connectivity index is 1.37. The second-order valence-electron chi connectivity index (χ2n) is 7.17. The van der Waals surface area contributed by atoms with Crippen molar-refractivity contribution in [1.82, 2.24) is 25.4 Å². The molecular formula is C20H29N5O2. The number of benzene rings is 1. The van der Waals surface area contributed by atoms with Crippen LogP contribution in [0, 0.1) is 6.92 Å². The zero-order valence-electron chi connectivity index (χ0n) is 16.2. The number of urea groups is 1. The largest absolute Gasteiger partial charge is 0.491 e. The summed E-state index contributed by atoms with van der Waals surface area (Å²) >= 11 is 0. The maximum atomic E-state index is 12.1. The predicted octanol–water partition coefficient (Wildman–Crippen LogP) is 2.62. The first-order valence-electron chi connectivity index (χ1n) is 9.76. The van der Waals surface area contributed by atoms with Crippen molar-refractivity contribution in [3.63, 3.8) is 0 Å². The molecule has 0 bridgehead atoms. The van der Waals surface area contributed by atoms with Crippen molar-refractivity contribution in [2.24, 2.45) is 0 Å². The zero-order valence-corrected chi connectivity index (χ0v) is 16.2. The summed E-state index contributed by atoms with van der Waals surface area (Å²) in [5.41, 5.74) is 1.19. The van der Waals surface area contributed by atoms with Gasteiger partial charge in [-0.25, -0.2) is 4.79 Å². The van der Waals surface area contributed by atoms with Gasteiger partial charge in [0.2, 0.25) is 0 Å². The first-order valence-corrected chi connectivity index (χ1v) is 9.76. The van der Waals surface area contributed by atoms with E-state index >= 15 is 0 Å². The standard InChI is InChI=1S/C20H29N5O2/c1-15-7-9-17(10-8-15)27-14-16(2)22-20(26)21-12-11-19-24-23-18-6-4-3-5-13-25(18)19/h7-10,16H,3-6,11-14H2,1-2H3,(H2,21,22,26)/t16-/m1/s1. The van der Waals surface area contributed by atoms with E-state index < -0.39 is 0 Å². The van der Waals surface area contributed by atoms with E-state index in [0.717, 1.165) is 30.4 Å². The highest BCUT2D eigenvalue weighted by molar-refractivity contribution is 5.74. The molecule has 27 heavy (non-hydrogen) atoms. The average Bonchev–Trinajstić information content (AvgIpc) is 2.88. The maximum Gasteiger partial charge on any atom is 0.315 e. The highest BCUT2D eigenvalue weighted by atomic mass is 16.5. The molecule has 1 atom stereocenters. The summed E-state index contributed by atoms with van der Waals surface area (Å²) in [7, 11) is 0. The van der Waals surface area contributed by atoms with E-state index in [-0.39, 0.29) is 12.1 Å². The molecule has 2 amide bonds. The fraction of sp³-hybridized carbons (Fsp3) is 0.550. The van der Waals surface area contributed by atoms with Crippen LogP contribution in [-0.2, 0) is 19.4 Å². The van der Waals surface area contributed by atoms with Gasteiger partial charge in [-0.05, 0) is 38.8 Å². The number of rotatable bonds is 7. The van der Waals surface area contributed by atoms with Crippen LogP contribution in [0.15, 0.2) is 24.3 Å². The molecule has 3 rings (SSSR count). The van der Waals surface area contributed by atoms with E-state index in [9.17, 15) is 4.79 Å². The number of nitrogens with zero attached hydrogens (tertiary/aromatic N) is 3. The van der Waals surface area contributed by atoms with Crippen LogP contribution in [0.4, 0.5) is 4.79 Å². The number of ether oxygens (including phenoxy) is 1. The van der Waals surface area contributed by atoms with Gasteiger partial charge >= 0.3 is 6.03 Å². The van der Waals surface area contributed by atoms with Crippen LogP contribution >= 0.6 is 0 Å². The third-order valence-corrected chi connectivity index (χ3v) is 4.72. The summed E-state index contributed by atoms with van der Waals surface area (Å²) in [6.45, 7) is 5.91. The minimum absolute atomic E-state index is 0.0873. The number of aryl methyl sites for hydroxylation is 2. The van der Waals surface area contributed by atoms with Gasteiger partial charge in [0.25, 0.3) is 0 Å². The van der Waals surface area contributed by atoms with E-state index in [0.29, 0.717) is 19.6 Å². The van der Waals surface area contributed by atoms with Gasteiger partial charge in [-0.15, -0.1) is 10.2 Å². The van der Waals surface area contributed by atoms with Gasteiger partial charge in [-0.2, -0.15) is 0 Å². The Morgan fingerprint density at radius 3 is 2.85 bits per heavy atom. The van der Waals surface area contributed by atoms with Crippen LogP contribution < -0.4 is 15.4 Å². The third-order valence-electron chi connectivity index (χ3n) is 4.72. The van der Waals surface area contributed by atoms with E-state index in [1.54, 1.807) is 0 Å². The van der Waals surface area contributed by atoms with Crippen molar-refractivity contribution in [1.29, 1.82) is 0 Å². The second kappa shape index (κ2) is 9.39. The second-order valence-corrected chi connectivity index (χ2v) is 7.17. The van der Waals surface area contributed by atoms with Crippen molar-refractivity contribution < 1.29 is 9.53 Å². The highest BCUT2D eigenvalue weighted by Crippen LogP contribution is 2.14. The van der Waals surface area contributed by atoms with Gasteiger partial charge in [0.15, 0.2) is 0 Å². The highest BCUT2D eigenvalue weighted by Gasteiger charge is 2.14. The molecule has 0 radical (unpaired) electrons. The molecule has 146 valence electrons. The Morgan fingerprint density at radius 1 is 1.22 bits per heavy atom. The van der Waals surface area contributed by atoms with Crippen LogP contribution in [0.2, 0.25) is 0 Å². The monoisotopic (exact) mass is 371 g/mol. The summed E-state index contributed by atoms with van der Waals surface area (Å²) in [6, 6.07) is 7.60. The Hall–Kier alpha value is -2.57. The van der Waals surface area contributed by atoms with Gasteiger partial charge < -0.3 is 19.9 Å². The predicted molar refractivity (Wildman–Crippen MR) is 104 cm³/mol. The summed E-state index contributed by atoms with van der Waals surface area (Å²) in [5, 5.41) is 14.4. The Bertz CT molecular complexity index is 741. The Kier molecular flexibility index (Phi) is 6.68. The van der Waals surface area contributed by atoms with Gasteiger partial charge in [-0.3, -0.25) is 0 Å². The number of carbonyl (C=O) groups excluding carboxylic acids is 1. The van der Waals surface area contributed by atoms with Crippen molar-refractivity contribution in [3.05, 3.63) is 41.5 Å². The molecule has 2 N–H and O–H groups in total. The first kappa shape index (κ1) is 19.2. The van der Waals surface area contributed by atoms with E-state index in [1.165, 1.54) is 24.8 Å². The molecule has 1 aliphatic rings. The van der Waals surface area contributed by atoms with E-state index in [4.69, 9.17) is 4.74 Å². The van der Waals surface area contributed by atoms with Crippen LogP contribution in [0.3, 0.4) is 0 Å². The summed E-state index contributed by atoms with van der Waals surface area (Å²) < 4.78 is 7.91. The topological polar surface area (TPSA) is 81.1 Å².